The van der Waals surface area contributed by atoms with Gasteiger partial charge in [0.15, 0.2) is 0 Å². The van der Waals surface area contributed by atoms with Crippen molar-refractivity contribution in [3.63, 3.8) is 0 Å². The van der Waals surface area contributed by atoms with Crippen LogP contribution < -0.4 is 0 Å². The Hall–Kier alpha value is -0.250. The van der Waals surface area contributed by atoms with Gasteiger partial charge < -0.3 is 0 Å². The van der Waals surface area contributed by atoms with Crippen molar-refractivity contribution < 1.29 is 4.21 Å². The molecule has 0 aromatic rings. The Morgan fingerprint density at radius 2 is 2.44 bits per heavy atom. The van der Waals surface area contributed by atoms with Crippen LogP contribution in [0, 0.1) is 0 Å². The second-order valence-electron chi connectivity index (χ2n) is 1.30. The molecule has 0 amide bonds. The molecule has 0 aliphatic heterocycles. The maximum atomic E-state index is 10.1. The molecule has 0 aliphatic rings. The van der Waals surface area contributed by atoms with Gasteiger partial charge in [-0.05, 0) is 22.6 Å². The zero-order valence-corrected chi connectivity index (χ0v) is 6.23. The molecule has 0 heterocycles. The van der Waals surface area contributed by atoms with E-state index in [0.717, 1.165) is 0 Å². The summed E-state index contributed by atoms with van der Waals surface area (Å²) in [4.78, 5) is 2.52. The Bertz CT molecular complexity index is 142. The van der Waals surface area contributed by atoms with Crippen LogP contribution in [0.2, 0.25) is 0 Å². The van der Waals surface area contributed by atoms with E-state index in [2.05, 4.69) is 10.0 Å². The Morgan fingerprint density at radius 3 is 2.89 bits per heavy atom. The van der Waals surface area contributed by atoms with Gasteiger partial charge in [-0.1, -0.05) is 5.11 Å². The van der Waals surface area contributed by atoms with Gasteiger partial charge in [-0.2, -0.15) is 0 Å². The Morgan fingerprint density at radius 1 is 1.78 bits per heavy atom. The minimum Gasteiger partial charge on any atom is -0.243 e. The highest BCUT2D eigenvalue weighted by atomic mass is 35.7. The maximum absolute atomic E-state index is 10.1. The molecule has 0 spiro atoms. The number of rotatable bonds is 4. The van der Waals surface area contributed by atoms with Crippen LogP contribution in [0.25, 0.3) is 10.4 Å². The van der Waals surface area contributed by atoms with Crippen LogP contribution in [0.15, 0.2) is 5.11 Å². The van der Waals surface area contributed by atoms with Gasteiger partial charge in [0.05, 0.1) is 0 Å². The van der Waals surface area contributed by atoms with Crippen molar-refractivity contribution in [1.29, 1.82) is 0 Å². The van der Waals surface area contributed by atoms with Crippen LogP contribution in [-0.4, -0.2) is 16.5 Å². The maximum Gasteiger partial charge on any atom is 0.114 e. The summed E-state index contributed by atoms with van der Waals surface area (Å²) in [5.41, 5.74) is 7.78. The van der Waals surface area contributed by atoms with Crippen LogP contribution in [-0.2, 0) is 10.0 Å². The Balaban J connectivity index is 3.10. The van der Waals surface area contributed by atoms with Crippen LogP contribution in [0.3, 0.4) is 0 Å². The van der Waals surface area contributed by atoms with Gasteiger partial charge in [-0.15, -0.1) is 0 Å². The highest BCUT2D eigenvalue weighted by molar-refractivity contribution is 8.08. The van der Waals surface area contributed by atoms with E-state index < -0.39 is 10.0 Å². The molecular weight excluding hydrogens is 162 g/mol. The van der Waals surface area contributed by atoms with Crippen LogP contribution in [0.1, 0.15) is 6.42 Å². The van der Waals surface area contributed by atoms with E-state index in [0.29, 0.717) is 18.7 Å². The molecule has 1 atom stereocenters. The first-order valence-corrected chi connectivity index (χ1v) is 4.47. The lowest BCUT2D eigenvalue weighted by molar-refractivity contribution is 0.689. The summed E-state index contributed by atoms with van der Waals surface area (Å²) in [6.45, 7) is 0.370. The van der Waals surface area contributed by atoms with Crippen LogP contribution in [0.4, 0.5) is 0 Å². The molecule has 0 aromatic heterocycles. The summed E-state index contributed by atoms with van der Waals surface area (Å²) in [6.07, 6.45) is 0.584. The lowest BCUT2D eigenvalue weighted by Gasteiger charge is -1.86. The second-order valence-corrected chi connectivity index (χ2v) is 3.32. The molecular formula is C3H6ClN3OS. The monoisotopic (exact) mass is 167 g/mol. The van der Waals surface area contributed by atoms with E-state index in [1.807, 2.05) is 0 Å². The van der Waals surface area contributed by atoms with Crippen molar-refractivity contribution >= 4 is 20.7 Å². The van der Waals surface area contributed by atoms with Crippen molar-refractivity contribution in [3.05, 3.63) is 10.4 Å². The third-order valence-corrected chi connectivity index (χ3v) is 1.70. The van der Waals surface area contributed by atoms with Gasteiger partial charge in [-0.3, -0.25) is 0 Å². The minimum absolute atomic E-state index is 0.370. The number of azide groups is 1. The van der Waals surface area contributed by atoms with E-state index in [1.165, 1.54) is 0 Å². The molecule has 0 aliphatic carbocycles. The van der Waals surface area contributed by atoms with Crippen molar-refractivity contribution in [2.75, 3.05) is 12.3 Å². The Kier molecular flexibility index (Phi) is 5.72. The predicted molar refractivity (Wildman–Crippen MR) is 37.5 cm³/mol. The zero-order valence-electron chi connectivity index (χ0n) is 4.66. The van der Waals surface area contributed by atoms with Crippen LogP contribution in [0.5, 0.6) is 0 Å². The average Bonchev–Trinajstić information content (AvgIpc) is 1.80. The molecule has 1 unspecified atom stereocenters. The van der Waals surface area contributed by atoms with E-state index in [4.69, 9.17) is 16.2 Å². The standard InChI is InChI=1S/C3H6ClN3OS/c4-9(8)3-1-2-6-7-5/h1-3H2. The van der Waals surface area contributed by atoms with E-state index in [-0.39, 0.29) is 0 Å². The second kappa shape index (κ2) is 5.88. The van der Waals surface area contributed by atoms with Gasteiger partial charge in [0.25, 0.3) is 0 Å². The minimum atomic E-state index is -1.28. The van der Waals surface area contributed by atoms with Gasteiger partial charge in [0.1, 0.15) is 10.0 Å². The van der Waals surface area contributed by atoms with Gasteiger partial charge >= 0.3 is 0 Å². The molecule has 0 saturated heterocycles. The molecule has 6 heteroatoms. The molecule has 0 N–H and O–H groups in total. The predicted octanol–water partition coefficient (Wildman–Crippen LogP) is 1.59. The molecule has 0 bridgehead atoms. The first-order valence-electron chi connectivity index (χ1n) is 2.33. The fourth-order valence-electron chi connectivity index (χ4n) is 0.293. The van der Waals surface area contributed by atoms with Gasteiger partial charge in [-0.25, -0.2) is 4.21 Å². The molecule has 0 fully saturated rings. The summed E-state index contributed by atoms with van der Waals surface area (Å²) in [7, 11) is 3.81. The molecule has 0 aromatic carbocycles. The third-order valence-electron chi connectivity index (χ3n) is 0.626. The lowest BCUT2D eigenvalue weighted by Crippen LogP contribution is -1.90. The van der Waals surface area contributed by atoms with Crippen LogP contribution >= 0.6 is 10.7 Å². The summed E-state index contributed by atoms with van der Waals surface area (Å²) < 4.78 is 10.1. The molecule has 52 valence electrons. The summed E-state index contributed by atoms with van der Waals surface area (Å²) in [6, 6.07) is 0. The van der Waals surface area contributed by atoms with Crippen molar-refractivity contribution in [2.24, 2.45) is 5.11 Å². The zero-order chi connectivity index (χ0) is 7.11. The number of nitrogens with zero attached hydrogens (tertiary/aromatic N) is 3. The van der Waals surface area contributed by atoms with Gasteiger partial charge in [0, 0.05) is 17.2 Å². The van der Waals surface area contributed by atoms with Gasteiger partial charge in [0.2, 0.25) is 0 Å². The highest BCUT2D eigenvalue weighted by Gasteiger charge is 1.90. The lowest BCUT2D eigenvalue weighted by atomic mass is 10.5. The summed E-state index contributed by atoms with van der Waals surface area (Å²) in [5.74, 6) is 0.389. The highest BCUT2D eigenvalue weighted by Crippen LogP contribution is 1.91. The largest absolute Gasteiger partial charge is 0.243 e. The fraction of sp³-hybridized carbons (Fsp3) is 1.00. The van der Waals surface area contributed by atoms with Crippen molar-refractivity contribution in [1.82, 2.24) is 0 Å². The first-order chi connectivity index (χ1) is 4.27. The quantitative estimate of drug-likeness (QED) is 0.206. The smallest absolute Gasteiger partial charge is 0.114 e. The average molecular weight is 168 g/mol. The molecule has 0 rings (SSSR count). The topological polar surface area (TPSA) is 65.8 Å². The summed E-state index contributed by atoms with van der Waals surface area (Å²) in [5, 5.41) is 3.23. The number of halogens is 1. The van der Waals surface area contributed by atoms with E-state index in [1.54, 1.807) is 0 Å². The normalized spacial score (nSPS) is 12.1. The first kappa shape index (κ1) is 8.75. The SMILES string of the molecule is [N-]=[N+]=NCCCS(=O)Cl. The Labute approximate surface area is 59.8 Å². The van der Waals surface area contributed by atoms with Crippen molar-refractivity contribution in [3.8, 4) is 0 Å². The molecule has 4 nitrogen and oxygen atoms in total. The summed E-state index contributed by atoms with van der Waals surface area (Å²) >= 11 is 0. The molecule has 0 radical (unpaired) electrons. The molecule has 9 heavy (non-hydrogen) atoms. The van der Waals surface area contributed by atoms with Crippen molar-refractivity contribution in [2.45, 2.75) is 6.42 Å². The van der Waals surface area contributed by atoms with E-state index in [9.17, 15) is 4.21 Å². The number of hydrogen-bond acceptors (Lipinski definition) is 2. The number of hydrogen-bond donors (Lipinski definition) is 0. The molecule has 0 saturated carbocycles. The van der Waals surface area contributed by atoms with E-state index >= 15 is 0 Å². The fourth-order valence-corrected chi connectivity index (χ4v) is 0.977. The third kappa shape index (κ3) is 7.75.